The van der Waals surface area contributed by atoms with Crippen molar-refractivity contribution in [3.05, 3.63) is 72.4 Å². The van der Waals surface area contributed by atoms with Crippen molar-refractivity contribution in [1.82, 2.24) is 20.1 Å². The fourth-order valence-electron chi connectivity index (χ4n) is 4.66. The summed E-state index contributed by atoms with van der Waals surface area (Å²) in [5, 5.41) is 10.3. The second-order valence-corrected chi connectivity index (χ2v) is 13.1. The van der Waals surface area contributed by atoms with E-state index in [1.165, 1.54) is 12.1 Å². The van der Waals surface area contributed by atoms with Crippen LogP contribution in [-0.2, 0) is 26.6 Å². The van der Waals surface area contributed by atoms with Crippen molar-refractivity contribution in [3.63, 3.8) is 0 Å². The average molecular weight is 566 g/mol. The zero-order chi connectivity index (χ0) is 28.5. The summed E-state index contributed by atoms with van der Waals surface area (Å²) >= 11 is 0. The first-order valence-electron chi connectivity index (χ1n) is 13.2. The Morgan fingerprint density at radius 2 is 1.93 bits per heavy atom. The van der Waals surface area contributed by atoms with Crippen LogP contribution >= 0.6 is 0 Å². The molecule has 1 amide bonds. The van der Waals surface area contributed by atoms with Crippen molar-refractivity contribution in [2.24, 2.45) is 0 Å². The predicted molar refractivity (Wildman–Crippen MR) is 151 cm³/mol. The molecule has 4 aromatic rings. The molecule has 11 heteroatoms. The number of halogens is 1. The maximum absolute atomic E-state index is 15.0. The third-order valence-corrected chi connectivity index (χ3v) is 9.14. The zero-order valence-corrected chi connectivity index (χ0v) is 23.5. The first-order chi connectivity index (χ1) is 19.0. The molecule has 1 fully saturated rings. The number of piperidine rings is 1. The van der Waals surface area contributed by atoms with Crippen LogP contribution in [0.25, 0.3) is 10.9 Å². The third-order valence-electron chi connectivity index (χ3n) is 6.88. The van der Waals surface area contributed by atoms with Gasteiger partial charge in [0.05, 0.1) is 39.5 Å². The van der Waals surface area contributed by atoms with Crippen LogP contribution in [0, 0.1) is 5.82 Å². The SMILES string of the molecule is CC(C)(C)n1cc(NC(=O)Cc2ccc(Oc3ccnc4ccc(S(=O)(=O)C5CCNCC5)cc34)cc2F)cn1. The molecule has 40 heavy (non-hydrogen) atoms. The molecule has 0 bridgehead atoms. The van der Waals surface area contributed by atoms with Crippen LogP contribution in [0.3, 0.4) is 0 Å². The highest BCUT2D eigenvalue weighted by Gasteiger charge is 2.29. The minimum Gasteiger partial charge on any atom is -0.456 e. The number of carbonyl (C=O) groups is 1. The summed E-state index contributed by atoms with van der Waals surface area (Å²) in [4.78, 5) is 17.1. The fraction of sp³-hybridized carbons (Fsp3) is 0.345. The number of amides is 1. The molecule has 210 valence electrons. The molecule has 1 aliphatic heterocycles. The van der Waals surface area contributed by atoms with Crippen molar-refractivity contribution in [2.75, 3.05) is 18.4 Å². The van der Waals surface area contributed by atoms with Crippen LogP contribution < -0.4 is 15.4 Å². The Hall–Kier alpha value is -3.83. The smallest absolute Gasteiger partial charge is 0.228 e. The molecule has 2 aromatic carbocycles. The molecule has 0 atom stereocenters. The van der Waals surface area contributed by atoms with Crippen molar-refractivity contribution in [3.8, 4) is 11.5 Å². The number of benzene rings is 2. The van der Waals surface area contributed by atoms with Gasteiger partial charge in [-0.3, -0.25) is 14.5 Å². The molecule has 0 radical (unpaired) electrons. The Bertz CT molecular complexity index is 1660. The van der Waals surface area contributed by atoms with Crippen molar-refractivity contribution in [2.45, 2.75) is 55.7 Å². The summed E-state index contributed by atoms with van der Waals surface area (Å²) in [6.45, 7) is 7.32. The van der Waals surface area contributed by atoms with E-state index in [-0.39, 0.29) is 34.1 Å². The van der Waals surface area contributed by atoms with Crippen LogP contribution in [0.5, 0.6) is 11.5 Å². The normalized spacial score (nSPS) is 14.8. The van der Waals surface area contributed by atoms with E-state index in [1.807, 2.05) is 20.8 Å². The highest BCUT2D eigenvalue weighted by Crippen LogP contribution is 2.33. The van der Waals surface area contributed by atoms with Gasteiger partial charge in [0.2, 0.25) is 5.91 Å². The first-order valence-corrected chi connectivity index (χ1v) is 14.7. The number of sulfone groups is 1. The number of hydrogen-bond donors (Lipinski definition) is 2. The Morgan fingerprint density at radius 1 is 1.15 bits per heavy atom. The number of anilines is 1. The number of fused-ring (bicyclic) bond motifs is 1. The minimum atomic E-state index is -3.52. The van der Waals surface area contributed by atoms with Gasteiger partial charge >= 0.3 is 0 Å². The van der Waals surface area contributed by atoms with E-state index in [2.05, 4.69) is 20.7 Å². The lowest BCUT2D eigenvalue weighted by atomic mass is 10.1. The second kappa shape index (κ2) is 11.0. The summed E-state index contributed by atoms with van der Waals surface area (Å²) in [5.74, 6) is -0.394. The van der Waals surface area contributed by atoms with Crippen LogP contribution in [0.1, 0.15) is 39.2 Å². The highest BCUT2D eigenvalue weighted by atomic mass is 32.2. The summed E-state index contributed by atoms with van der Waals surface area (Å²) in [6.07, 6.45) is 5.78. The minimum absolute atomic E-state index is 0.164. The highest BCUT2D eigenvalue weighted by molar-refractivity contribution is 7.92. The van der Waals surface area contributed by atoms with Gasteiger partial charge in [0.15, 0.2) is 9.84 Å². The molecule has 0 saturated carbocycles. The van der Waals surface area contributed by atoms with Gasteiger partial charge in [0.25, 0.3) is 0 Å². The summed E-state index contributed by atoms with van der Waals surface area (Å²) < 4.78 is 49.2. The molecule has 2 aromatic heterocycles. The van der Waals surface area contributed by atoms with E-state index >= 15 is 0 Å². The number of nitrogens with one attached hydrogen (secondary N) is 2. The Labute approximate surface area is 232 Å². The van der Waals surface area contributed by atoms with Gasteiger partial charge in [-0.15, -0.1) is 0 Å². The lowest BCUT2D eigenvalue weighted by molar-refractivity contribution is -0.115. The molecule has 3 heterocycles. The molecule has 0 aliphatic carbocycles. The van der Waals surface area contributed by atoms with Gasteiger partial charge in [0.1, 0.15) is 17.3 Å². The van der Waals surface area contributed by atoms with Crippen molar-refractivity contribution >= 4 is 32.3 Å². The van der Waals surface area contributed by atoms with Gasteiger partial charge < -0.3 is 15.4 Å². The number of hydrogen-bond acceptors (Lipinski definition) is 7. The van der Waals surface area contributed by atoms with Gasteiger partial charge in [-0.05, 0) is 82.6 Å². The number of nitrogens with zero attached hydrogens (tertiary/aromatic N) is 3. The predicted octanol–water partition coefficient (Wildman–Crippen LogP) is 4.82. The van der Waals surface area contributed by atoms with Crippen molar-refractivity contribution in [1.29, 1.82) is 0 Å². The molecule has 2 N–H and O–H groups in total. The Morgan fingerprint density at radius 3 is 2.62 bits per heavy atom. The maximum Gasteiger partial charge on any atom is 0.228 e. The Kier molecular flexibility index (Phi) is 7.61. The molecule has 0 spiro atoms. The molecule has 1 aliphatic rings. The summed E-state index contributed by atoms with van der Waals surface area (Å²) in [6, 6.07) is 10.7. The van der Waals surface area contributed by atoms with E-state index in [0.29, 0.717) is 48.3 Å². The second-order valence-electron chi connectivity index (χ2n) is 10.9. The number of rotatable bonds is 7. The van der Waals surface area contributed by atoms with E-state index in [4.69, 9.17) is 4.74 Å². The van der Waals surface area contributed by atoms with Gasteiger partial charge in [0, 0.05) is 23.8 Å². The molecule has 9 nitrogen and oxygen atoms in total. The molecule has 1 saturated heterocycles. The van der Waals surface area contributed by atoms with Crippen LogP contribution in [-0.4, -0.2) is 47.4 Å². The van der Waals surface area contributed by atoms with E-state index in [9.17, 15) is 17.6 Å². The monoisotopic (exact) mass is 565 g/mol. The van der Waals surface area contributed by atoms with Crippen LogP contribution in [0.4, 0.5) is 10.1 Å². The fourth-order valence-corrected chi connectivity index (χ4v) is 6.44. The van der Waals surface area contributed by atoms with Crippen LogP contribution in [0.15, 0.2) is 66.0 Å². The maximum atomic E-state index is 15.0. The Balaban J connectivity index is 1.32. The van der Waals surface area contributed by atoms with E-state index in [1.54, 1.807) is 53.6 Å². The summed E-state index contributed by atoms with van der Waals surface area (Å²) in [5.41, 5.74) is 1.08. The topological polar surface area (TPSA) is 115 Å². The standard InChI is InChI=1S/C29H32FN5O4S/c1-29(2,3)35-18-20(17-33-35)34-28(36)14-19-4-5-21(15-25(19)30)39-27-10-13-32-26-7-6-23(16-24(26)27)40(37,38)22-8-11-31-12-9-22/h4-7,10,13,15-18,22,31H,8-9,11-12,14H2,1-3H3,(H,34,36). The first kappa shape index (κ1) is 27.7. The van der Waals surface area contributed by atoms with Gasteiger partial charge in [-0.2, -0.15) is 5.10 Å². The third kappa shape index (κ3) is 6.00. The van der Waals surface area contributed by atoms with Crippen LogP contribution in [0.2, 0.25) is 0 Å². The summed E-state index contributed by atoms with van der Waals surface area (Å²) in [7, 11) is -3.52. The van der Waals surface area contributed by atoms with Gasteiger partial charge in [-0.1, -0.05) is 6.07 Å². The van der Waals surface area contributed by atoms with E-state index in [0.717, 1.165) is 0 Å². The zero-order valence-electron chi connectivity index (χ0n) is 22.6. The average Bonchev–Trinajstić information content (AvgIpc) is 3.40. The number of aromatic nitrogens is 3. The van der Waals surface area contributed by atoms with Gasteiger partial charge in [-0.25, -0.2) is 12.8 Å². The quantitative estimate of drug-likeness (QED) is 0.330. The lowest BCUT2D eigenvalue weighted by Gasteiger charge is -2.23. The molecular weight excluding hydrogens is 533 g/mol. The molecular formula is C29H32FN5O4S. The largest absolute Gasteiger partial charge is 0.456 e. The van der Waals surface area contributed by atoms with E-state index < -0.39 is 20.9 Å². The van der Waals surface area contributed by atoms with Crippen molar-refractivity contribution < 1.29 is 22.3 Å². The number of carbonyl (C=O) groups excluding carboxylic acids is 1. The number of ether oxygens (including phenoxy) is 1. The molecule has 5 rings (SSSR count). The number of pyridine rings is 1. The molecule has 0 unspecified atom stereocenters. The lowest BCUT2D eigenvalue weighted by Crippen LogP contribution is -2.35.